The van der Waals surface area contributed by atoms with E-state index in [1.165, 1.54) is 4.31 Å². The minimum Gasteiger partial charge on any atom is -0.493 e. The third kappa shape index (κ3) is 6.37. The first-order chi connectivity index (χ1) is 19.2. The Balaban J connectivity index is 1.63. The van der Waals surface area contributed by atoms with Crippen LogP contribution in [0.2, 0.25) is 0 Å². The summed E-state index contributed by atoms with van der Waals surface area (Å²) >= 11 is 0. The zero-order valence-electron chi connectivity index (χ0n) is 23.3. The van der Waals surface area contributed by atoms with E-state index in [1.807, 2.05) is 24.9 Å². The third-order valence-electron chi connectivity index (χ3n) is 7.17. The van der Waals surface area contributed by atoms with E-state index in [1.54, 1.807) is 22.8 Å². The second kappa shape index (κ2) is 12.9. The zero-order chi connectivity index (χ0) is 28.9. The summed E-state index contributed by atoms with van der Waals surface area (Å²) < 4.78 is 36.4. The van der Waals surface area contributed by atoms with Crippen molar-refractivity contribution in [1.82, 2.24) is 13.8 Å². The van der Waals surface area contributed by atoms with E-state index in [9.17, 15) is 23.3 Å². The predicted octanol–water partition coefficient (Wildman–Crippen LogP) is 2.80. The van der Waals surface area contributed by atoms with Crippen LogP contribution in [0.5, 0.6) is 5.75 Å². The van der Waals surface area contributed by atoms with E-state index in [-0.39, 0.29) is 30.2 Å². The van der Waals surface area contributed by atoms with Crippen LogP contribution >= 0.6 is 0 Å². The van der Waals surface area contributed by atoms with Gasteiger partial charge in [-0.25, -0.2) is 8.42 Å². The molecule has 40 heavy (non-hydrogen) atoms. The third-order valence-corrected chi connectivity index (χ3v) is 9.06. The van der Waals surface area contributed by atoms with Crippen LogP contribution in [-0.2, 0) is 34.2 Å². The number of pyridine rings is 1. The number of piperazine rings is 1. The molecule has 0 bridgehead atoms. The average molecular weight is 576 g/mol. The standard InChI is InChI=1S/C27H37N5O7S/c1-4-7-20-19-30(6-3)27(33)23-18-24(28-26(20)23)22-17-21(8-9-25(22)38-15-5-2)40(36,37)31-12-10-29(11-13-31)14-16-39-32(34)35/h8-9,17,19H,4-7,10-16,18H2,1-3H3. The number of hydrogen-bond acceptors (Lipinski definition) is 9. The van der Waals surface area contributed by atoms with Gasteiger partial charge in [-0.15, -0.1) is 10.1 Å². The SMILES string of the molecule is CCCOc1ccc(S(=O)(=O)N2CCN(CCO[N+](=O)[O-])CC2)cc1C1=Nc2c(CCC)cn(CC)c(=O)c2C1. The van der Waals surface area contributed by atoms with Crippen LogP contribution in [0.4, 0.5) is 5.69 Å². The molecule has 0 N–H and O–H groups in total. The van der Waals surface area contributed by atoms with Crippen molar-refractivity contribution in [2.24, 2.45) is 4.99 Å². The summed E-state index contributed by atoms with van der Waals surface area (Å²) in [5, 5.41) is 9.56. The minimum atomic E-state index is -3.82. The molecule has 1 aromatic heterocycles. The van der Waals surface area contributed by atoms with Crippen molar-refractivity contribution in [3.05, 3.63) is 61.6 Å². The maximum Gasteiger partial charge on any atom is 0.294 e. The summed E-state index contributed by atoms with van der Waals surface area (Å²) in [6.45, 7) is 8.73. The Morgan fingerprint density at radius 3 is 2.48 bits per heavy atom. The van der Waals surface area contributed by atoms with Crippen molar-refractivity contribution in [1.29, 1.82) is 0 Å². The van der Waals surface area contributed by atoms with E-state index in [0.29, 0.717) is 67.5 Å². The highest BCUT2D eigenvalue weighted by atomic mass is 32.2. The van der Waals surface area contributed by atoms with Crippen LogP contribution in [0.25, 0.3) is 0 Å². The lowest BCUT2D eigenvalue weighted by Gasteiger charge is -2.33. The predicted molar refractivity (Wildman–Crippen MR) is 151 cm³/mol. The van der Waals surface area contributed by atoms with Gasteiger partial charge in [0.05, 0.1) is 22.9 Å². The number of aromatic nitrogens is 1. The number of rotatable bonds is 13. The topological polar surface area (TPSA) is 137 Å². The first-order valence-electron chi connectivity index (χ1n) is 13.8. The lowest BCUT2D eigenvalue weighted by molar-refractivity contribution is -0.757. The lowest BCUT2D eigenvalue weighted by Crippen LogP contribution is -2.49. The zero-order valence-corrected chi connectivity index (χ0v) is 24.1. The number of sulfonamides is 1. The fourth-order valence-electron chi connectivity index (χ4n) is 5.08. The molecule has 1 saturated heterocycles. The van der Waals surface area contributed by atoms with Gasteiger partial charge in [0.2, 0.25) is 10.0 Å². The van der Waals surface area contributed by atoms with Crippen LogP contribution < -0.4 is 10.3 Å². The number of nitrogens with zero attached hydrogens (tertiary/aromatic N) is 5. The molecular formula is C27H37N5O7S. The van der Waals surface area contributed by atoms with Crippen molar-refractivity contribution in [2.45, 2.75) is 57.9 Å². The Bertz CT molecular complexity index is 1430. The summed E-state index contributed by atoms with van der Waals surface area (Å²) in [4.78, 5) is 34.9. The molecule has 3 heterocycles. The van der Waals surface area contributed by atoms with E-state index in [0.717, 1.165) is 24.8 Å². The monoisotopic (exact) mass is 575 g/mol. The van der Waals surface area contributed by atoms with Gasteiger partial charge < -0.3 is 14.1 Å². The van der Waals surface area contributed by atoms with E-state index < -0.39 is 15.1 Å². The highest BCUT2D eigenvalue weighted by molar-refractivity contribution is 7.89. The second-order valence-corrected chi connectivity index (χ2v) is 11.8. The second-order valence-electron chi connectivity index (χ2n) is 9.87. The van der Waals surface area contributed by atoms with E-state index in [4.69, 9.17) is 9.73 Å². The number of benzene rings is 1. The molecule has 2 aliphatic heterocycles. The van der Waals surface area contributed by atoms with Gasteiger partial charge in [-0.3, -0.25) is 14.7 Å². The molecule has 13 heteroatoms. The van der Waals surface area contributed by atoms with E-state index >= 15 is 0 Å². The van der Waals surface area contributed by atoms with Crippen LogP contribution in [0.1, 0.15) is 50.3 Å². The quantitative estimate of drug-likeness (QED) is 0.263. The molecule has 0 amide bonds. The normalized spacial score (nSPS) is 16.0. The highest BCUT2D eigenvalue weighted by Gasteiger charge is 2.31. The van der Waals surface area contributed by atoms with Crippen molar-refractivity contribution in [2.75, 3.05) is 45.9 Å². The first-order valence-corrected chi connectivity index (χ1v) is 15.2. The maximum atomic E-state index is 13.6. The summed E-state index contributed by atoms with van der Waals surface area (Å²) in [6.07, 6.45) is 4.67. The maximum absolute atomic E-state index is 13.6. The van der Waals surface area contributed by atoms with Crippen molar-refractivity contribution in [3.8, 4) is 5.75 Å². The Morgan fingerprint density at radius 2 is 1.82 bits per heavy atom. The fraction of sp³-hybridized carbons (Fsp3) is 0.556. The Morgan fingerprint density at radius 1 is 1.07 bits per heavy atom. The molecule has 0 radical (unpaired) electrons. The van der Waals surface area contributed by atoms with Gasteiger partial charge in [0.25, 0.3) is 10.6 Å². The van der Waals surface area contributed by atoms with Crippen LogP contribution in [-0.4, -0.2) is 78.9 Å². The van der Waals surface area contributed by atoms with Gasteiger partial charge in [-0.05, 0) is 43.5 Å². The molecule has 1 fully saturated rings. The summed E-state index contributed by atoms with van der Waals surface area (Å²) in [7, 11) is -3.82. The fourth-order valence-corrected chi connectivity index (χ4v) is 6.53. The summed E-state index contributed by atoms with van der Waals surface area (Å²) in [6, 6.07) is 4.84. The van der Waals surface area contributed by atoms with Crippen LogP contribution in [0.3, 0.4) is 0 Å². The molecule has 0 saturated carbocycles. The Hall–Kier alpha value is -3.29. The van der Waals surface area contributed by atoms with E-state index in [2.05, 4.69) is 11.8 Å². The van der Waals surface area contributed by atoms with Crippen molar-refractivity contribution < 1.29 is 23.1 Å². The Labute approximate surface area is 234 Å². The van der Waals surface area contributed by atoms with Gasteiger partial charge in [-0.1, -0.05) is 20.3 Å². The number of fused-ring (bicyclic) bond motifs is 1. The summed E-state index contributed by atoms with van der Waals surface area (Å²) in [5.74, 6) is 0.538. The lowest BCUT2D eigenvalue weighted by atomic mass is 10.0. The van der Waals surface area contributed by atoms with Gasteiger partial charge >= 0.3 is 0 Å². The largest absolute Gasteiger partial charge is 0.493 e. The smallest absolute Gasteiger partial charge is 0.294 e. The van der Waals surface area contributed by atoms with Crippen LogP contribution in [0, 0.1) is 10.1 Å². The van der Waals surface area contributed by atoms with Crippen LogP contribution in [0.15, 0.2) is 39.1 Å². The number of aliphatic imine (C=N–C) groups is 1. The number of aryl methyl sites for hydroxylation is 2. The molecule has 1 aromatic carbocycles. The number of hydrogen-bond donors (Lipinski definition) is 0. The van der Waals surface area contributed by atoms with Crippen molar-refractivity contribution >= 4 is 21.4 Å². The first kappa shape index (κ1) is 29.7. The minimum absolute atomic E-state index is 0.0594. The molecular weight excluding hydrogens is 538 g/mol. The molecule has 0 aliphatic carbocycles. The molecule has 0 atom stereocenters. The Kier molecular flexibility index (Phi) is 9.59. The molecule has 4 rings (SSSR count). The van der Waals surface area contributed by atoms with Gasteiger partial charge in [0, 0.05) is 63.0 Å². The van der Waals surface area contributed by atoms with Gasteiger partial charge in [0.1, 0.15) is 12.4 Å². The molecule has 218 valence electrons. The van der Waals surface area contributed by atoms with Gasteiger partial charge in [0.15, 0.2) is 0 Å². The molecule has 2 aliphatic rings. The molecule has 2 aromatic rings. The van der Waals surface area contributed by atoms with Crippen molar-refractivity contribution in [3.63, 3.8) is 0 Å². The average Bonchev–Trinajstić information content (AvgIpc) is 3.40. The molecule has 12 nitrogen and oxygen atoms in total. The summed E-state index contributed by atoms with van der Waals surface area (Å²) in [5.41, 5.74) is 3.46. The highest BCUT2D eigenvalue weighted by Crippen LogP contribution is 2.35. The van der Waals surface area contributed by atoms with Gasteiger partial charge in [-0.2, -0.15) is 4.31 Å². The molecule has 0 unspecified atom stereocenters. The molecule has 0 spiro atoms. The number of ether oxygens (including phenoxy) is 1.